The van der Waals surface area contributed by atoms with E-state index in [1.807, 2.05) is 36.4 Å². The molecule has 0 radical (unpaired) electrons. The molecule has 5 aromatic rings. The molecule has 0 saturated heterocycles. The van der Waals surface area contributed by atoms with Crippen molar-refractivity contribution in [1.29, 1.82) is 0 Å². The number of carbonyl (C=O) groups is 3. The van der Waals surface area contributed by atoms with Gasteiger partial charge in [0.15, 0.2) is 0 Å². The number of halogens is 1. The lowest BCUT2D eigenvalue weighted by molar-refractivity contribution is 0.0697. The van der Waals surface area contributed by atoms with E-state index in [2.05, 4.69) is 15.6 Å². The van der Waals surface area contributed by atoms with Crippen LogP contribution in [0.1, 0.15) is 56.8 Å². The number of benzene rings is 4. The Morgan fingerprint density at radius 1 is 0.739 bits per heavy atom. The SMILES string of the molecule is O=C(Nc1ccccc1C(=O)O)c1ccc(Oc2ccc3cc(OC4CCC(NC(=O)c5ccnc(Cl)c5)CC4)ccc3c2)cc1. The summed E-state index contributed by atoms with van der Waals surface area (Å²) in [7, 11) is 0. The number of pyridine rings is 1. The molecule has 3 N–H and O–H groups in total. The lowest BCUT2D eigenvalue weighted by Gasteiger charge is -2.29. The molecular formula is C36H30ClN3O6. The molecule has 1 aliphatic carbocycles. The number of para-hydroxylation sites is 1. The summed E-state index contributed by atoms with van der Waals surface area (Å²) in [6.07, 6.45) is 4.92. The van der Waals surface area contributed by atoms with Crippen LogP contribution in [0.15, 0.2) is 103 Å². The van der Waals surface area contributed by atoms with E-state index in [9.17, 15) is 19.5 Å². The van der Waals surface area contributed by atoms with Crippen LogP contribution >= 0.6 is 11.6 Å². The first-order valence-corrected chi connectivity index (χ1v) is 15.2. The van der Waals surface area contributed by atoms with Crippen LogP contribution in [0.3, 0.4) is 0 Å². The molecule has 6 rings (SSSR count). The molecule has 1 aliphatic rings. The summed E-state index contributed by atoms with van der Waals surface area (Å²) < 4.78 is 12.3. The molecule has 1 heterocycles. The van der Waals surface area contributed by atoms with Gasteiger partial charge < -0.3 is 25.2 Å². The van der Waals surface area contributed by atoms with E-state index in [0.717, 1.165) is 42.2 Å². The number of nitrogens with one attached hydrogen (secondary N) is 2. The third kappa shape index (κ3) is 7.44. The highest BCUT2D eigenvalue weighted by molar-refractivity contribution is 6.29. The Bertz CT molecular complexity index is 1900. The number of carbonyl (C=O) groups excluding carboxylic acids is 2. The Morgan fingerprint density at radius 3 is 2.13 bits per heavy atom. The van der Waals surface area contributed by atoms with Crippen LogP contribution < -0.4 is 20.1 Å². The van der Waals surface area contributed by atoms with Crippen molar-refractivity contribution >= 4 is 45.8 Å². The molecule has 0 atom stereocenters. The van der Waals surface area contributed by atoms with Gasteiger partial charge in [-0.1, -0.05) is 35.9 Å². The number of hydrogen-bond donors (Lipinski definition) is 3. The lowest BCUT2D eigenvalue weighted by Crippen LogP contribution is -2.39. The molecule has 232 valence electrons. The minimum atomic E-state index is -1.12. The number of fused-ring (bicyclic) bond motifs is 1. The number of ether oxygens (including phenoxy) is 2. The largest absolute Gasteiger partial charge is 0.490 e. The van der Waals surface area contributed by atoms with E-state index in [1.54, 1.807) is 54.6 Å². The maximum absolute atomic E-state index is 12.7. The monoisotopic (exact) mass is 635 g/mol. The summed E-state index contributed by atoms with van der Waals surface area (Å²) in [5.74, 6) is 0.304. The average molecular weight is 636 g/mol. The third-order valence-electron chi connectivity index (χ3n) is 7.84. The summed E-state index contributed by atoms with van der Waals surface area (Å²) in [6, 6.07) is 27.9. The van der Waals surface area contributed by atoms with E-state index < -0.39 is 11.9 Å². The predicted octanol–water partition coefficient (Wildman–Crippen LogP) is 7.75. The molecule has 9 nitrogen and oxygen atoms in total. The van der Waals surface area contributed by atoms with E-state index in [0.29, 0.717) is 27.8 Å². The van der Waals surface area contributed by atoms with Gasteiger partial charge in [0, 0.05) is 23.4 Å². The number of rotatable bonds is 9. The number of amides is 2. The van der Waals surface area contributed by atoms with E-state index in [1.165, 1.54) is 12.3 Å². The highest BCUT2D eigenvalue weighted by Crippen LogP contribution is 2.30. The summed E-state index contributed by atoms with van der Waals surface area (Å²) in [6.45, 7) is 0. The van der Waals surface area contributed by atoms with Crippen LogP contribution in [0.25, 0.3) is 10.8 Å². The van der Waals surface area contributed by atoms with Crippen LogP contribution in [-0.4, -0.2) is 40.0 Å². The number of aromatic nitrogens is 1. The minimum Gasteiger partial charge on any atom is -0.490 e. The number of carboxylic acid groups (broad SMARTS) is 1. The molecule has 2 amide bonds. The van der Waals surface area contributed by atoms with Gasteiger partial charge >= 0.3 is 5.97 Å². The normalized spacial score (nSPS) is 15.9. The Labute approximate surface area is 270 Å². The highest BCUT2D eigenvalue weighted by Gasteiger charge is 2.24. The lowest BCUT2D eigenvalue weighted by atomic mass is 9.92. The molecule has 46 heavy (non-hydrogen) atoms. The fraction of sp³-hybridized carbons (Fsp3) is 0.167. The maximum Gasteiger partial charge on any atom is 0.337 e. The topological polar surface area (TPSA) is 127 Å². The van der Waals surface area contributed by atoms with Crippen molar-refractivity contribution in [2.24, 2.45) is 0 Å². The van der Waals surface area contributed by atoms with Gasteiger partial charge in [-0.3, -0.25) is 9.59 Å². The van der Waals surface area contributed by atoms with Crippen LogP contribution in [0.4, 0.5) is 5.69 Å². The number of carboxylic acids is 1. The second-order valence-electron chi connectivity index (χ2n) is 11.0. The van der Waals surface area contributed by atoms with Gasteiger partial charge in [-0.05, 0) is 109 Å². The van der Waals surface area contributed by atoms with Gasteiger partial charge in [0.1, 0.15) is 22.4 Å². The van der Waals surface area contributed by atoms with Crippen molar-refractivity contribution in [2.75, 3.05) is 5.32 Å². The van der Waals surface area contributed by atoms with Gasteiger partial charge in [-0.15, -0.1) is 0 Å². The zero-order chi connectivity index (χ0) is 32.0. The minimum absolute atomic E-state index is 0.0180. The van der Waals surface area contributed by atoms with Crippen LogP contribution in [0.2, 0.25) is 5.15 Å². The molecule has 0 unspecified atom stereocenters. The quantitative estimate of drug-likeness (QED) is 0.141. The molecule has 4 aromatic carbocycles. The average Bonchev–Trinajstić information content (AvgIpc) is 3.06. The van der Waals surface area contributed by atoms with Crippen LogP contribution in [-0.2, 0) is 0 Å². The van der Waals surface area contributed by atoms with E-state index in [4.69, 9.17) is 21.1 Å². The molecule has 0 aliphatic heterocycles. The van der Waals surface area contributed by atoms with Gasteiger partial charge in [0.05, 0.1) is 17.4 Å². The number of hydrogen-bond acceptors (Lipinski definition) is 6. The van der Waals surface area contributed by atoms with Crippen molar-refractivity contribution in [3.63, 3.8) is 0 Å². The molecule has 1 aromatic heterocycles. The van der Waals surface area contributed by atoms with Crippen molar-refractivity contribution in [2.45, 2.75) is 37.8 Å². The third-order valence-corrected chi connectivity index (χ3v) is 8.05. The Hall–Kier alpha value is -5.41. The molecule has 0 bridgehead atoms. The van der Waals surface area contributed by atoms with E-state index in [-0.39, 0.29) is 29.3 Å². The van der Waals surface area contributed by atoms with Gasteiger partial charge in [0.25, 0.3) is 11.8 Å². The number of nitrogens with zero attached hydrogens (tertiary/aromatic N) is 1. The fourth-order valence-electron chi connectivity index (χ4n) is 5.45. The summed E-state index contributed by atoms with van der Waals surface area (Å²) in [5.41, 5.74) is 1.12. The molecule has 10 heteroatoms. The van der Waals surface area contributed by atoms with Gasteiger partial charge in [-0.25, -0.2) is 9.78 Å². The van der Waals surface area contributed by atoms with Crippen molar-refractivity contribution in [3.8, 4) is 17.2 Å². The Kier molecular flexibility index (Phi) is 9.12. The second kappa shape index (κ2) is 13.7. The smallest absolute Gasteiger partial charge is 0.337 e. The molecular weight excluding hydrogens is 606 g/mol. The van der Waals surface area contributed by atoms with Gasteiger partial charge in [-0.2, -0.15) is 0 Å². The zero-order valence-corrected chi connectivity index (χ0v) is 25.4. The van der Waals surface area contributed by atoms with Crippen molar-refractivity contribution in [3.05, 3.63) is 125 Å². The van der Waals surface area contributed by atoms with Crippen molar-refractivity contribution in [1.82, 2.24) is 10.3 Å². The van der Waals surface area contributed by atoms with Crippen molar-refractivity contribution < 1.29 is 29.0 Å². The first-order chi connectivity index (χ1) is 22.3. The van der Waals surface area contributed by atoms with E-state index >= 15 is 0 Å². The Morgan fingerprint density at radius 2 is 1.41 bits per heavy atom. The van der Waals surface area contributed by atoms with Crippen LogP contribution in [0, 0.1) is 0 Å². The predicted molar refractivity (Wildman–Crippen MR) is 175 cm³/mol. The number of anilines is 1. The molecule has 0 spiro atoms. The fourth-order valence-corrected chi connectivity index (χ4v) is 5.63. The zero-order valence-electron chi connectivity index (χ0n) is 24.6. The molecule has 1 fully saturated rings. The highest BCUT2D eigenvalue weighted by atomic mass is 35.5. The summed E-state index contributed by atoms with van der Waals surface area (Å²) >= 11 is 5.91. The number of aromatic carboxylic acids is 1. The first kappa shape index (κ1) is 30.6. The standard InChI is InChI=1S/C36H30ClN3O6/c37-33-21-25(17-18-38-33)35(42)39-26-9-15-28(16-10-26)46-30-14-8-23-19-29(13-7-24(23)20-30)45-27-11-5-22(6-12-27)34(41)40-32-4-2-1-3-31(32)36(43)44/h1-8,11-14,17-21,26,28H,9-10,15-16H2,(H,39,42)(H,40,41)(H,43,44). The van der Waals surface area contributed by atoms with Crippen LogP contribution in [0.5, 0.6) is 17.2 Å². The summed E-state index contributed by atoms with van der Waals surface area (Å²) in [5, 5.41) is 17.4. The molecule has 1 saturated carbocycles. The summed E-state index contributed by atoms with van der Waals surface area (Å²) in [4.78, 5) is 40.6. The maximum atomic E-state index is 12.7. The van der Waals surface area contributed by atoms with Gasteiger partial charge in [0.2, 0.25) is 0 Å². The second-order valence-corrected chi connectivity index (χ2v) is 11.4. The first-order valence-electron chi connectivity index (χ1n) is 14.9. The Balaban J connectivity index is 1.02.